The molecule has 0 aliphatic heterocycles. The minimum absolute atomic E-state index is 0.0965. The molecule has 1 saturated carbocycles. The van der Waals surface area contributed by atoms with Gasteiger partial charge in [0, 0.05) is 18.4 Å². The maximum Gasteiger partial charge on any atom is 0.343 e. The van der Waals surface area contributed by atoms with Crippen molar-refractivity contribution in [3.63, 3.8) is 0 Å². The Morgan fingerprint density at radius 2 is 2.30 bits per heavy atom. The van der Waals surface area contributed by atoms with Crippen molar-refractivity contribution >= 4 is 17.0 Å². The average molecular weight is 272 g/mol. The molecular weight excluding hydrogens is 256 g/mol. The van der Waals surface area contributed by atoms with Crippen LogP contribution >= 0.6 is 0 Å². The molecule has 2 aromatic rings. The van der Waals surface area contributed by atoms with Crippen molar-refractivity contribution in [1.29, 1.82) is 0 Å². The van der Waals surface area contributed by atoms with Crippen LogP contribution in [-0.2, 0) is 4.74 Å². The normalized spacial score (nSPS) is 15.1. The van der Waals surface area contributed by atoms with E-state index >= 15 is 0 Å². The van der Waals surface area contributed by atoms with Gasteiger partial charge in [-0.3, -0.25) is 4.79 Å². The number of rotatable bonds is 3. The lowest BCUT2D eigenvalue weighted by molar-refractivity contribution is 0.0523. The summed E-state index contributed by atoms with van der Waals surface area (Å²) in [6.45, 7) is 1.98. The van der Waals surface area contributed by atoms with Crippen LogP contribution in [0.15, 0.2) is 29.3 Å². The topological polar surface area (TPSA) is 61.2 Å². The molecule has 0 aromatic carbocycles. The Kier molecular flexibility index (Phi) is 3.26. The molecule has 0 amide bonds. The molecular formula is C15H16N2O3. The highest BCUT2D eigenvalue weighted by molar-refractivity contribution is 5.93. The van der Waals surface area contributed by atoms with Crippen LogP contribution in [0, 0.1) is 0 Å². The first kappa shape index (κ1) is 12.8. The van der Waals surface area contributed by atoms with Gasteiger partial charge in [-0.2, -0.15) is 0 Å². The van der Waals surface area contributed by atoms with Crippen molar-refractivity contribution in [2.24, 2.45) is 0 Å². The number of hydrogen-bond donors (Lipinski definition) is 0. The molecule has 104 valence electrons. The van der Waals surface area contributed by atoms with E-state index in [0.717, 1.165) is 12.8 Å². The first-order valence-electron chi connectivity index (χ1n) is 6.89. The second-order valence-electron chi connectivity index (χ2n) is 4.96. The molecule has 1 aliphatic carbocycles. The smallest absolute Gasteiger partial charge is 0.343 e. The number of esters is 1. The third-order valence-corrected chi connectivity index (χ3v) is 3.75. The number of carbonyl (C=O) groups is 1. The molecule has 3 rings (SSSR count). The van der Waals surface area contributed by atoms with Gasteiger partial charge in [0.05, 0.1) is 12.0 Å². The number of carbonyl (C=O) groups excluding carboxylic acids is 1. The molecule has 0 saturated heterocycles. The van der Waals surface area contributed by atoms with E-state index in [1.54, 1.807) is 31.5 Å². The summed E-state index contributed by atoms with van der Waals surface area (Å²) in [4.78, 5) is 28.6. The third kappa shape index (κ3) is 1.99. The van der Waals surface area contributed by atoms with E-state index in [1.807, 2.05) is 4.57 Å². The Hall–Kier alpha value is -2.17. The Labute approximate surface area is 116 Å². The van der Waals surface area contributed by atoms with Crippen LogP contribution in [0.25, 0.3) is 11.0 Å². The summed E-state index contributed by atoms with van der Waals surface area (Å²) in [6, 6.07) is 3.74. The average Bonchev–Trinajstić information content (AvgIpc) is 2.40. The molecule has 0 atom stereocenters. The summed E-state index contributed by atoms with van der Waals surface area (Å²) in [5, 5.41) is 0.477. The highest BCUT2D eigenvalue weighted by Gasteiger charge is 2.24. The lowest BCUT2D eigenvalue weighted by Crippen LogP contribution is -2.25. The lowest BCUT2D eigenvalue weighted by Gasteiger charge is -2.29. The minimum Gasteiger partial charge on any atom is -0.462 e. The molecule has 20 heavy (non-hydrogen) atoms. The number of ether oxygens (including phenoxy) is 1. The van der Waals surface area contributed by atoms with Crippen molar-refractivity contribution in [2.75, 3.05) is 6.61 Å². The molecule has 0 bridgehead atoms. The van der Waals surface area contributed by atoms with Crippen LogP contribution in [0.2, 0.25) is 0 Å². The monoisotopic (exact) mass is 272 g/mol. The van der Waals surface area contributed by atoms with Gasteiger partial charge in [-0.15, -0.1) is 0 Å². The molecule has 0 spiro atoms. The number of nitrogens with zero attached hydrogens (tertiary/aromatic N) is 2. The number of hydrogen-bond acceptors (Lipinski definition) is 4. The highest BCUT2D eigenvalue weighted by Crippen LogP contribution is 2.33. The van der Waals surface area contributed by atoms with Gasteiger partial charge in [0.25, 0.3) is 0 Å². The Bertz CT molecular complexity index is 717. The Morgan fingerprint density at radius 1 is 1.50 bits per heavy atom. The maximum atomic E-state index is 12.4. The van der Waals surface area contributed by atoms with Gasteiger partial charge in [0.15, 0.2) is 0 Å². The molecule has 2 aromatic heterocycles. The quantitative estimate of drug-likeness (QED) is 0.804. The molecule has 2 heterocycles. The largest absolute Gasteiger partial charge is 0.462 e. The van der Waals surface area contributed by atoms with Gasteiger partial charge in [-0.05, 0) is 38.3 Å². The predicted octanol–water partition coefficient (Wildman–Crippen LogP) is 2.30. The van der Waals surface area contributed by atoms with E-state index in [2.05, 4.69) is 4.98 Å². The van der Waals surface area contributed by atoms with Gasteiger partial charge in [-0.1, -0.05) is 0 Å². The summed E-state index contributed by atoms with van der Waals surface area (Å²) >= 11 is 0. The molecule has 0 radical (unpaired) electrons. The fourth-order valence-corrected chi connectivity index (χ4v) is 2.48. The van der Waals surface area contributed by atoms with E-state index in [1.165, 1.54) is 6.42 Å². The molecule has 0 unspecified atom stereocenters. The van der Waals surface area contributed by atoms with E-state index in [9.17, 15) is 9.59 Å². The summed E-state index contributed by atoms with van der Waals surface area (Å²) in [7, 11) is 0. The van der Waals surface area contributed by atoms with Gasteiger partial charge < -0.3 is 9.30 Å². The molecule has 1 aliphatic rings. The lowest BCUT2D eigenvalue weighted by atomic mass is 9.92. The molecule has 5 nitrogen and oxygen atoms in total. The summed E-state index contributed by atoms with van der Waals surface area (Å²) < 4.78 is 6.92. The zero-order valence-corrected chi connectivity index (χ0v) is 11.3. The van der Waals surface area contributed by atoms with E-state index in [0.29, 0.717) is 17.1 Å². The highest BCUT2D eigenvalue weighted by atomic mass is 16.5. The van der Waals surface area contributed by atoms with Crippen LogP contribution in [0.3, 0.4) is 0 Å². The van der Waals surface area contributed by atoms with Crippen molar-refractivity contribution in [3.8, 4) is 0 Å². The van der Waals surface area contributed by atoms with Gasteiger partial charge in [0.2, 0.25) is 5.43 Å². The second-order valence-corrected chi connectivity index (χ2v) is 4.96. The van der Waals surface area contributed by atoms with E-state index in [-0.39, 0.29) is 17.6 Å². The second kappa shape index (κ2) is 5.07. The van der Waals surface area contributed by atoms with Crippen LogP contribution in [-0.4, -0.2) is 22.1 Å². The van der Waals surface area contributed by atoms with Crippen LogP contribution in [0.5, 0.6) is 0 Å². The van der Waals surface area contributed by atoms with Crippen LogP contribution in [0.1, 0.15) is 42.6 Å². The van der Waals surface area contributed by atoms with Crippen LogP contribution < -0.4 is 5.43 Å². The summed E-state index contributed by atoms with van der Waals surface area (Å²) in [5.41, 5.74) is 0.441. The fraction of sp³-hybridized carbons (Fsp3) is 0.400. The summed E-state index contributed by atoms with van der Waals surface area (Å²) in [6.07, 6.45) is 6.55. The first-order valence-corrected chi connectivity index (χ1v) is 6.89. The van der Waals surface area contributed by atoms with E-state index in [4.69, 9.17) is 4.74 Å². The Balaban J connectivity index is 2.23. The zero-order valence-electron chi connectivity index (χ0n) is 11.3. The van der Waals surface area contributed by atoms with Crippen LogP contribution in [0.4, 0.5) is 0 Å². The van der Waals surface area contributed by atoms with Crippen molar-refractivity contribution in [3.05, 3.63) is 40.3 Å². The number of aromatic nitrogens is 2. The van der Waals surface area contributed by atoms with E-state index < -0.39 is 5.97 Å². The number of pyridine rings is 2. The van der Waals surface area contributed by atoms with Crippen molar-refractivity contribution < 1.29 is 9.53 Å². The van der Waals surface area contributed by atoms with Crippen molar-refractivity contribution in [1.82, 2.24) is 9.55 Å². The number of fused-ring (bicyclic) bond motifs is 1. The van der Waals surface area contributed by atoms with Gasteiger partial charge in [-0.25, -0.2) is 9.78 Å². The third-order valence-electron chi connectivity index (χ3n) is 3.75. The molecule has 5 heteroatoms. The van der Waals surface area contributed by atoms with Gasteiger partial charge in [0.1, 0.15) is 11.2 Å². The summed E-state index contributed by atoms with van der Waals surface area (Å²) in [5.74, 6) is -0.559. The van der Waals surface area contributed by atoms with Gasteiger partial charge >= 0.3 is 5.97 Å². The fourth-order valence-electron chi connectivity index (χ4n) is 2.48. The Morgan fingerprint density at radius 3 is 2.95 bits per heavy atom. The maximum absolute atomic E-state index is 12.4. The SMILES string of the molecule is CCOC(=O)c1cn(C2CCC2)c2ncccc2c1=O. The standard InChI is InChI=1S/C15H16N2O3/c1-2-20-15(19)12-9-17(10-5-3-6-10)14-11(13(12)18)7-4-8-16-14/h4,7-10H,2-3,5-6H2,1H3. The molecule has 1 fully saturated rings. The first-order chi connectivity index (χ1) is 9.72. The zero-order chi connectivity index (χ0) is 14.1. The molecule has 0 N–H and O–H groups in total. The predicted molar refractivity (Wildman–Crippen MR) is 74.8 cm³/mol. The van der Waals surface area contributed by atoms with Crippen molar-refractivity contribution in [2.45, 2.75) is 32.2 Å². The minimum atomic E-state index is -0.559.